The van der Waals surface area contributed by atoms with E-state index in [2.05, 4.69) is 12.2 Å². The van der Waals surface area contributed by atoms with Crippen molar-refractivity contribution in [3.05, 3.63) is 12.2 Å². The minimum atomic E-state index is -0.814. The SMILES string of the molecule is O=C1CC[C@]2(O1)[C@H](O)CC(=O)[C@H]1C3C=CC(C3)[C@H]12. The van der Waals surface area contributed by atoms with Crippen molar-refractivity contribution in [2.75, 3.05) is 0 Å². The van der Waals surface area contributed by atoms with Crippen LogP contribution in [0.15, 0.2) is 12.2 Å². The first kappa shape index (κ1) is 10.7. The number of hydrogen-bond acceptors (Lipinski definition) is 4. The highest BCUT2D eigenvalue weighted by Crippen LogP contribution is 2.59. The number of ether oxygens (including phenoxy) is 1. The number of ketones is 1. The van der Waals surface area contributed by atoms with Crippen LogP contribution in [0.1, 0.15) is 25.7 Å². The Balaban J connectivity index is 1.80. The van der Waals surface area contributed by atoms with Crippen molar-refractivity contribution in [3.63, 3.8) is 0 Å². The first-order valence-corrected chi connectivity index (χ1v) is 6.73. The number of carbonyl (C=O) groups is 2. The third-order valence-electron chi connectivity index (χ3n) is 5.38. The Morgan fingerprint density at radius 3 is 2.78 bits per heavy atom. The number of fused-ring (bicyclic) bond motifs is 6. The predicted molar refractivity (Wildman–Crippen MR) is 61.4 cm³/mol. The zero-order chi connectivity index (χ0) is 12.5. The maximum Gasteiger partial charge on any atom is 0.306 e. The third kappa shape index (κ3) is 1.10. The van der Waals surface area contributed by atoms with Crippen molar-refractivity contribution in [2.45, 2.75) is 37.4 Å². The molecule has 1 N–H and O–H groups in total. The molecule has 3 aliphatic carbocycles. The maximum absolute atomic E-state index is 12.2. The summed E-state index contributed by atoms with van der Waals surface area (Å²) in [7, 11) is 0. The Labute approximate surface area is 105 Å². The zero-order valence-corrected chi connectivity index (χ0v) is 10.0. The summed E-state index contributed by atoms with van der Waals surface area (Å²) in [5.41, 5.74) is -0.778. The Bertz CT molecular complexity index is 468. The fourth-order valence-electron chi connectivity index (χ4n) is 4.73. The lowest BCUT2D eigenvalue weighted by atomic mass is 9.62. The predicted octanol–water partition coefficient (Wildman–Crippen LogP) is 0.834. The minimum Gasteiger partial charge on any atom is -0.456 e. The smallest absolute Gasteiger partial charge is 0.306 e. The second kappa shape index (κ2) is 3.23. The van der Waals surface area contributed by atoms with Crippen LogP contribution in [-0.2, 0) is 14.3 Å². The van der Waals surface area contributed by atoms with Gasteiger partial charge in [-0.25, -0.2) is 0 Å². The molecule has 4 heteroatoms. The summed E-state index contributed by atoms with van der Waals surface area (Å²) in [4.78, 5) is 23.7. The standard InChI is InChI=1S/C14H16O4/c15-9-6-10(16)14(4-3-11(17)18-14)13-8-2-1-7(5-8)12(9)13/h1-2,7-8,10,12-13,16H,3-6H2/t7?,8?,10-,12-,13-,14+/m1/s1. The molecule has 18 heavy (non-hydrogen) atoms. The van der Waals surface area contributed by atoms with Gasteiger partial charge < -0.3 is 9.84 Å². The first-order chi connectivity index (χ1) is 8.62. The summed E-state index contributed by atoms with van der Waals surface area (Å²) < 4.78 is 5.54. The number of hydrogen-bond donors (Lipinski definition) is 1. The van der Waals surface area contributed by atoms with E-state index in [9.17, 15) is 14.7 Å². The van der Waals surface area contributed by atoms with E-state index in [1.54, 1.807) is 0 Å². The highest BCUT2D eigenvalue weighted by Gasteiger charge is 2.65. The molecule has 0 aromatic carbocycles. The normalized spacial score (nSPS) is 53.1. The van der Waals surface area contributed by atoms with Gasteiger partial charge in [-0.1, -0.05) is 12.2 Å². The van der Waals surface area contributed by atoms with Gasteiger partial charge in [0.1, 0.15) is 17.5 Å². The Morgan fingerprint density at radius 1 is 1.28 bits per heavy atom. The maximum atomic E-state index is 12.2. The van der Waals surface area contributed by atoms with Crippen LogP contribution in [0.25, 0.3) is 0 Å². The van der Waals surface area contributed by atoms with Crippen LogP contribution in [0, 0.1) is 23.7 Å². The van der Waals surface area contributed by atoms with Gasteiger partial charge in [0.15, 0.2) is 0 Å². The highest BCUT2D eigenvalue weighted by molar-refractivity contribution is 5.85. The topological polar surface area (TPSA) is 63.6 Å². The quantitative estimate of drug-likeness (QED) is 0.509. The minimum absolute atomic E-state index is 0.00944. The molecule has 0 radical (unpaired) electrons. The lowest BCUT2D eigenvalue weighted by Crippen LogP contribution is -2.58. The van der Waals surface area contributed by atoms with Gasteiger partial charge in [0.25, 0.3) is 0 Å². The van der Waals surface area contributed by atoms with Gasteiger partial charge in [0, 0.05) is 31.1 Å². The van der Waals surface area contributed by atoms with Crippen molar-refractivity contribution in [2.24, 2.45) is 23.7 Å². The summed E-state index contributed by atoms with van der Waals surface area (Å²) in [6.45, 7) is 0. The number of rotatable bonds is 0. The molecule has 3 fully saturated rings. The van der Waals surface area contributed by atoms with Crippen molar-refractivity contribution < 1.29 is 19.4 Å². The van der Waals surface area contributed by atoms with Gasteiger partial charge in [0.2, 0.25) is 0 Å². The van der Waals surface area contributed by atoms with Crippen molar-refractivity contribution >= 4 is 11.8 Å². The van der Waals surface area contributed by atoms with E-state index in [4.69, 9.17) is 4.74 Å². The highest BCUT2D eigenvalue weighted by atomic mass is 16.6. The molecule has 4 nitrogen and oxygen atoms in total. The molecule has 0 aromatic heterocycles. The molecule has 4 rings (SSSR count). The molecular formula is C14H16O4. The van der Waals surface area contributed by atoms with Crippen LogP contribution in [-0.4, -0.2) is 28.6 Å². The number of aliphatic hydroxyl groups excluding tert-OH is 1. The largest absolute Gasteiger partial charge is 0.456 e. The van der Waals surface area contributed by atoms with Crippen LogP contribution in [0.4, 0.5) is 0 Å². The average Bonchev–Trinajstić information content (AvgIpc) is 3.00. The number of esters is 1. The van der Waals surface area contributed by atoms with Gasteiger partial charge in [-0.05, 0) is 18.3 Å². The lowest BCUT2D eigenvalue weighted by Gasteiger charge is -2.47. The van der Waals surface area contributed by atoms with Gasteiger partial charge >= 0.3 is 5.97 Å². The fourth-order valence-corrected chi connectivity index (χ4v) is 4.73. The van der Waals surface area contributed by atoms with Crippen LogP contribution in [0.3, 0.4) is 0 Å². The number of aliphatic hydroxyl groups is 1. The van der Waals surface area contributed by atoms with Crippen molar-refractivity contribution in [3.8, 4) is 0 Å². The molecule has 0 aromatic rings. The monoisotopic (exact) mass is 248 g/mol. The Hall–Kier alpha value is -1.16. The number of carbonyl (C=O) groups excluding carboxylic acids is 2. The van der Waals surface area contributed by atoms with Crippen LogP contribution < -0.4 is 0 Å². The summed E-state index contributed by atoms with van der Waals surface area (Å²) in [5.74, 6) is 0.498. The van der Waals surface area contributed by atoms with Crippen LogP contribution >= 0.6 is 0 Å². The van der Waals surface area contributed by atoms with E-state index < -0.39 is 11.7 Å². The summed E-state index contributed by atoms with van der Waals surface area (Å²) >= 11 is 0. The fraction of sp³-hybridized carbons (Fsp3) is 0.714. The van der Waals surface area contributed by atoms with E-state index in [0.29, 0.717) is 24.7 Å². The second-order valence-corrected chi connectivity index (χ2v) is 6.12. The van der Waals surface area contributed by atoms with E-state index >= 15 is 0 Å². The molecule has 6 atom stereocenters. The van der Waals surface area contributed by atoms with Gasteiger partial charge in [-0.15, -0.1) is 0 Å². The summed E-state index contributed by atoms with van der Waals surface area (Å²) in [6.07, 6.45) is 5.52. The molecular weight excluding hydrogens is 232 g/mol. The molecule has 1 heterocycles. The van der Waals surface area contributed by atoms with Gasteiger partial charge in [-0.3, -0.25) is 9.59 Å². The Morgan fingerprint density at radius 2 is 2.06 bits per heavy atom. The molecule has 2 bridgehead atoms. The molecule has 1 spiro atoms. The average molecular weight is 248 g/mol. The van der Waals surface area contributed by atoms with Gasteiger partial charge in [-0.2, -0.15) is 0 Å². The summed E-state index contributed by atoms with van der Waals surface area (Å²) in [6, 6.07) is 0. The van der Waals surface area contributed by atoms with E-state index in [1.807, 2.05) is 0 Å². The van der Waals surface area contributed by atoms with Crippen LogP contribution in [0.5, 0.6) is 0 Å². The van der Waals surface area contributed by atoms with E-state index in [0.717, 1.165) is 6.42 Å². The molecule has 96 valence electrons. The van der Waals surface area contributed by atoms with Crippen molar-refractivity contribution in [1.82, 2.24) is 0 Å². The molecule has 1 saturated heterocycles. The van der Waals surface area contributed by atoms with Crippen molar-refractivity contribution in [1.29, 1.82) is 0 Å². The molecule has 2 saturated carbocycles. The van der Waals surface area contributed by atoms with E-state index in [1.165, 1.54) is 0 Å². The second-order valence-electron chi connectivity index (χ2n) is 6.12. The molecule has 0 amide bonds. The lowest BCUT2D eigenvalue weighted by molar-refractivity contribution is -0.186. The summed E-state index contributed by atoms with van der Waals surface area (Å²) in [5, 5.41) is 10.3. The number of Topliss-reactive ketones (excluding diaryl/α,β-unsaturated/α-hetero) is 1. The Kier molecular flexibility index (Phi) is 1.93. The molecule has 2 unspecified atom stereocenters. The van der Waals surface area contributed by atoms with E-state index in [-0.39, 0.29) is 30.0 Å². The van der Waals surface area contributed by atoms with Crippen LogP contribution in [0.2, 0.25) is 0 Å². The zero-order valence-electron chi connectivity index (χ0n) is 10.0. The molecule has 1 aliphatic heterocycles. The first-order valence-electron chi connectivity index (χ1n) is 6.73. The number of allylic oxidation sites excluding steroid dienone is 2. The van der Waals surface area contributed by atoms with Gasteiger partial charge in [0.05, 0.1) is 0 Å². The third-order valence-corrected chi connectivity index (χ3v) is 5.38. The molecule has 4 aliphatic rings.